The fourth-order valence-corrected chi connectivity index (χ4v) is 3.88. The van der Waals surface area contributed by atoms with Crippen molar-refractivity contribution in [3.8, 4) is 0 Å². The Hall–Kier alpha value is -2.97. The molecule has 0 saturated carbocycles. The average molecular weight is 433 g/mol. The van der Waals surface area contributed by atoms with E-state index in [1.54, 1.807) is 47.0 Å². The van der Waals surface area contributed by atoms with Crippen LogP contribution in [0.3, 0.4) is 0 Å². The summed E-state index contributed by atoms with van der Waals surface area (Å²) in [5.41, 5.74) is 1.80. The second-order valence-corrected chi connectivity index (χ2v) is 7.48. The number of rotatable bonds is 5. The van der Waals surface area contributed by atoms with E-state index in [0.29, 0.717) is 25.6 Å². The van der Waals surface area contributed by atoms with Gasteiger partial charge in [-0.05, 0) is 35.9 Å². The molecule has 0 saturated heterocycles. The van der Waals surface area contributed by atoms with E-state index in [2.05, 4.69) is 4.99 Å². The molecule has 0 unspecified atom stereocenters. The van der Waals surface area contributed by atoms with Crippen LogP contribution in [0, 0.1) is 0 Å². The molecule has 150 valence electrons. The highest BCUT2D eigenvalue weighted by molar-refractivity contribution is 7.16. The lowest BCUT2D eigenvalue weighted by Gasteiger charge is -2.04. The fourth-order valence-electron chi connectivity index (χ4n) is 2.67. The van der Waals surface area contributed by atoms with E-state index in [4.69, 9.17) is 21.1 Å². The molecule has 0 fully saturated rings. The Morgan fingerprint density at radius 1 is 1.07 bits per heavy atom. The molecule has 1 amide bonds. The largest absolute Gasteiger partial charge is 0.468 e. The normalized spacial score (nSPS) is 11.5. The van der Waals surface area contributed by atoms with Crippen LogP contribution in [-0.4, -0.2) is 36.6 Å². The standard InChI is InChI=1S/C20H17ClN2O5S/c1-27-18(25)11-23-15-8-5-13(19(26)28-2)10-16(15)29-20(23)22-17(24)9-12-3-6-14(21)7-4-12/h3-8,10H,9,11H2,1-2H3. The van der Waals surface area contributed by atoms with Crippen LogP contribution in [0.1, 0.15) is 15.9 Å². The maximum Gasteiger partial charge on any atom is 0.337 e. The Labute approximate surface area is 175 Å². The summed E-state index contributed by atoms with van der Waals surface area (Å²) in [5.74, 6) is -1.32. The first-order valence-electron chi connectivity index (χ1n) is 8.52. The zero-order valence-electron chi connectivity index (χ0n) is 15.7. The van der Waals surface area contributed by atoms with Crippen LogP contribution < -0.4 is 4.80 Å². The number of methoxy groups -OCH3 is 2. The van der Waals surface area contributed by atoms with Crippen molar-refractivity contribution in [2.75, 3.05) is 14.2 Å². The molecule has 7 nitrogen and oxygen atoms in total. The molecule has 0 aliphatic carbocycles. The molecule has 0 aliphatic rings. The molecular weight excluding hydrogens is 416 g/mol. The molecule has 0 aliphatic heterocycles. The molecule has 0 N–H and O–H groups in total. The number of nitrogens with zero attached hydrogens (tertiary/aromatic N) is 2. The average Bonchev–Trinajstić information content (AvgIpc) is 3.04. The number of esters is 2. The molecule has 0 atom stereocenters. The number of hydrogen-bond acceptors (Lipinski definition) is 6. The molecule has 1 aromatic heterocycles. The lowest BCUT2D eigenvalue weighted by molar-refractivity contribution is -0.141. The minimum atomic E-state index is -0.478. The first kappa shape index (κ1) is 20.8. The van der Waals surface area contributed by atoms with Gasteiger partial charge in [0.1, 0.15) is 6.54 Å². The Morgan fingerprint density at radius 2 is 1.79 bits per heavy atom. The van der Waals surface area contributed by atoms with Crippen LogP contribution in [-0.2, 0) is 32.0 Å². The molecule has 2 aromatic carbocycles. The summed E-state index contributed by atoms with van der Waals surface area (Å²) in [6.07, 6.45) is 0.0943. The van der Waals surface area contributed by atoms with E-state index in [1.165, 1.54) is 25.6 Å². The van der Waals surface area contributed by atoms with Gasteiger partial charge < -0.3 is 14.0 Å². The third-order valence-electron chi connectivity index (χ3n) is 4.11. The van der Waals surface area contributed by atoms with Gasteiger partial charge in [0.15, 0.2) is 4.80 Å². The van der Waals surface area contributed by atoms with Crippen LogP contribution in [0.15, 0.2) is 47.5 Å². The fraction of sp³-hybridized carbons (Fsp3) is 0.200. The van der Waals surface area contributed by atoms with Crippen molar-refractivity contribution >= 4 is 51.0 Å². The summed E-state index contributed by atoms with van der Waals surface area (Å²) in [5, 5.41) is 0.583. The SMILES string of the molecule is COC(=O)Cn1c(=NC(=O)Cc2ccc(Cl)cc2)sc2cc(C(=O)OC)ccc21. The third kappa shape index (κ3) is 4.90. The second-order valence-electron chi connectivity index (χ2n) is 6.03. The molecule has 0 bridgehead atoms. The third-order valence-corrected chi connectivity index (χ3v) is 5.40. The first-order chi connectivity index (χ1) is 13.9. The van der Waals surface area contributed by atoms with Crippen molar-refractivity contribution in [3.05, 3.63) is 63.4 Å². The number of fused-ring (bicyclic) bond motifs is 1. The van der Waals surface area contributed by atoms with E-state index >= 15 is 0 Å². The number of thiazole rings is 1. The minimum Gasteiger partial charge on any atom is -0.468 e. The molecule has 0 radical (unpaired) electrons. The number of amides is 1. The van der Waals surface area contributed by atoms with Crippen LogP contribution in [0.2, 0.25) is 5.02 Å². The van der Waals surface area contributed by atoms with Gasteiger partial charge in [0.25, 0.3) is 5.91 Å². The van der Waals surface area contributed by atoms with Crippen molar-refractivity contribution in [3.63, 3.8) is 0 Å². The van der Waals surface area contributed by atoms with Gasteiger partial charge in [-0.15, -0.1) is 0 Å². The highest BCUT2D eigenvalue weighted by Crippen LogP contribution is 2.20. The summed E-state index contributed by atoms with van der Waals surface area (Å²) < 4.78 is 11.8. The predicted molar refractivity (Wildman–Crippen MR) is 109 cm³/mol. The number of hydrogen-bond donors (Lipinski definition) is 0. The summed E-state index contributed by atoms with van der Waals surface area (Å²) in [7, 11) is 2.59. The van der Waals surface area contributed by atoms with Crippen molar-refractivity contribution in [1.82, 2.24) is 4.57 Å². The molecule has 9 heteroatoms. The van der Waals surface area contributed by atoms with Gasteiger partial charge in [0, 0.05) is 5.02 Å². The number of ether oxygens (including phenoxy) is 2. The maximum absolute atomic E-state index is 12.5. The molecule has 3 aromatic rings. The Bertz CT molecular complexity index is 1150. The maximum atomic E-state index is 12.5. The van der Waals surface area contributed by atoms with Crippen molar-refractivity contribution < 1.29 is 23.9 Å². The number of carbonyl (C=O) groups excluding carboxylic acids is 3. The van der Waals surface area contributed by atoms with Crippen LogP contribution in [0.25, 0.3) is 10.2 Å². The summed E-state index contributed by atoms with van der Waals surface area (Å²) in [6, 6.07) is 11.8. The second kappa shape index (κ2) is 9.02. The van der Waals surface area contributed by atoms with E-state index in [1.807, 2.05) is 0 Å². The quantitative estimate of drug-likeness (QED) is 0.578. The number of halogens is 1. The van der Waals surface area contributed by atoms with E-state index in [-0.39, 0.29) is 18.9 Å². The minimum absolute atomic E-state index is 0.0943. The van der Waals surface area contributed by atoms with Gasteiger partial charge in [-0.2, -0.15) is 4.99 Å². The number of aromatic nitrogens is 1. The van der Waals surface area contributed by atoms with Gasteiger partial charge >= 0.3 is 11.9 Å². The highest BCUT2D eigenvalue weighted by atomic mass is 35.5. The molecule has 0 spiro atoms. The van der Waals surface area contributed by atoms with Gasteiger partial charge in [-0.3, -0.25) is 9.59 Å². The van der Waals surface area contributed by atoms with Crippen molar-refractivity contribution in [2.24, 2.45) is 4.99 Å². The summed E-state index contributed by atoms with van der Waals surface area (Å²) in [4.78, 5) is 40.6. The topological polar surface area (TPSA) is 87.0 Å². The van der Waals surface area contributed by atoms with Crippen molar-refractivity contribution in [2.45, 2.75) is 13.0 Å². The van der Waals surface area contributed by atoms with E-state index < -0.39 is 11.9 Å². The zero-order chi connectivity index (χ0) is 21.0. The molecule has 3 rings (SSSR count). The van der Waals surface area contributed by atoms with Gasteiger partial charge in [-0.1, -0.05) is 35.1 Å². The number of carbonyl (C=O) groups is 3. The zero-order valence-corrected chi connectivity index (χ0v) is 17.2. The van der Waals surface area contributed by atoms with Crippen molar-refractivity contribution in [1.29, 1.82) is 0 Å². The Kier molecular flexibility index (Phi) is 6.46. The van der Waals surface area contributed by atoms with Crippen LogP contribution >= 0.6 is 22.9 Å². The molecule has 1 heterocycles. The first-order valence-corrected chi connectivity index (χ1v) is 9.71. The molecular formula is C20H17ClN2O5S. The summed E-state index contributed by atoms with van der Waals surface area (Å²) in [6.45, 7) is -0.110. The Morgan fingerprint density at radius 3 is 2.45 bits per heavy atom. The predicted octanol–water partition coefficient (Wildman–Crippen LogP) is 2.99. The van der Waals surface area contributed by atoms with E-state index in [9.17, 15) is 14.4 Å². The summed E-state index contributed by atoms with van der Waals surface area (Å²) >= 11 is 7.06. The van der Waals surface area contributed by atoms with Gasteiger partial charge in [0.2, 0.25) is 0 Å². The van der Waals surface area contributed by atoms with Crippen LogP contribution in [0.5, 0.6) is 0 Å². The lowest BCUT2D eigenvalue weighted by Crippen LogP contribution is -2.22. The van der Waals surface area contributed by atoms with Gasteiger partial charge in [0.05, 0.1) is 36.4 Å². The van der Waals surface area contributed by atoms with Crippen LogP contribution in [0.4, 0.5) is 0 Å². The molecule has 29 heavy (non-hydrogen) atoms. The Balaban J connectivity index is 2.03. The smallest absolute Gasteiger partial charge is 0.337 e. The highest BCUT2D eigenvalue weighted by Gasteiger charge is 2.14. The van der Waals surface area contributed by atoms with Gasteiger partial charge in [-0.25, -0.2) is 4.79 Å². The number of benzene rings is 2. The van der Waals surface area contributed by atoms with E-state index in [0.717, 1.165) is 5.56 Å². The monoisotopic (exact) mass is 432 g/mol. The lowest BCUT2D eigenvalue weighted by atomic mass is 10.1.